The van der Waals surface area contributed by atoms with Crippen LogP contribution in [0.15, 0.2) is 18.2 Å². The summed E-state index contributed by atoms with van der Waals surface area (Å²) in [5.74, 6) is 1.10. The van der Waals surface area contributed by atoms with Crippen molar-refractivity contribution in [2.45, 2.75) is 38.1 Å². The Hall–Kier alpha value is -2.16. The number of urea groups is 1. The van der Waals surface area contributed by atoms with Crippen molar-refractivity contribution in [2.75, 3.05) is 30.4 Å². The molecule has 9 heteroatoms. The van der Waals surface area contributed by atoms with E-state index in [1.54, 1.807) is 18.2 Å². The molecule has 2 N–H and O–H groups in total. The van der Waals surface area contributed by atoms with E-state index < -0.39 is 10.0 Å². The molecule has 0 unspecified atom stereocenters. The van der Waals surface area contributed by atoms with Crippen LogP contribution in [-0.4, -0.2) is 46.6 Å². The molecule has 0 radical (unpaired) electrons. The van der Waals surface area contributed by atoms with Crippen molar-refractivity contribution < 1.29 is 22.7 Å². The topological polar surface area (TPSA) is 97.0 Å². The van der Waals surface area contributed by atoms with Crippen LogP contribution in [0.25, 0.3) is 0 Å². The van der Waals surface area contributed by atoms with Crippen LogP contribution in [0.1, 0.15) is 32.1 Å². The first-order valence-corrected chi connectivity index (χ1v) is 10.7. The van der Waals surface area contributed by atoms with Crippen molar-refractivity contribution in [2.24, 2.45) is 0 Å². The second-order valence-corrected chi connectivity index (χ2v) is 8.51. The van der Waals surface area contributed by atoms with Gasteiger partial charge >= 0.3 is 6.03 Å². The number of hydrogen-bond acceptors (Lipinski definition) is 5. The number of carbonyl (C=O) groups excluding carboxylic acids is 1. The van der Waals surface area contributed by atoms with Crippen molar-refractivity contribution in [3.8, 4) is 11.5 Å². The van der Waals surface area contributed by atoms with Gasteiger partial charge in [-0.3, -0.25) is 4.31 Å². The summed E-state index contributed by atoms with van der Waals surface area (Å²) in [5.41, 5.74) is 0.478. The largest absolute Gasteiger partial charge is 0.454 e. The van der Waals surface area contributed by atoms with Gasteiger partial charge in [0.15, 0.2) is 11.5 Å². The number of hydrogen-bond donors (Lipinski definition) is 2. The Balaban J connectivity index is 1.56. The number of sulfonamides is 1. The molecule has 0 saturated heterocycles. The molecule has 0 spiro atoms. The molecule has 1 saturated carbocycles. The Morgan fingerprint density at radius 3 is 2.65 bits per heavy atom. The van der Waals surface area contributed by atoms with Gasteiger partial charge in [-0.25, -0.2) is 13.2 Å². The van der Waals surface area contributed by atoms with E-state index in [1.807, 2.05) is 0 Å². The predicted molar refractivity (Wildman–Crippen MR) is 98.2 cm³/mol. The van der Waals surface area contributed by atoms with E-state index in [4.69, 9.17) is 9.47 Å². The molecule has 0 aromatic heterocycles. The lowest BCUT2D eigenvalue weighted by Gasteiger charge is -2.24. The third kappa shape index (κ3) is 4.72. The van der Waals surface area contributed by atoms with E-state index in [-0.39, 0.29) is 32.0 Å². The van der Waals surface area contributed by atoms with E-state index >= 15 is 0 Å². The van der Waals surface area contributed by atoms with Gasteiger partial charge in [0, 0.05) is 18.7 Å². The maximum Gasteiger partial charge on any atom is 0.315 e. The van der Waals surface area contributed by atoms with Crippen LogP contribution in [-0.2, 0) is 10.0 Å². The molecule has 0 atom stereocenters. The minimum absolute atomic E-state index is 0.126. The highest BCUT2D eigenvalue weighted by atomic mass is 32.2. The number of carbonyl (C=O) groups is 1. The summed E-state index contributed by atoms with van der Waals surface area (Å²) in [7, 11) is -3.50. The van der Waals surface area contributed by atoms with Gasteiger partial charge in [0.05, 0.1) is 18.5 Å². The van der Waals surface area contributed by atoms with Gasteiger partial charge in [-0.15, -0.1) is 0 Å². The molecule has 3 rings (SSSR count). The molecule has 26 heavy (non-hydrogen) atoms. The monoisotopic (exact) mass is 383 g/mol. The smallest absolute Gasteiger partial charge is 0.315 e. The zero-order valence-electron chi connectivity index (χ0n) is 14.9. The van der Waals surface area contributed by atoms with Crippen LogP contribution in [0.3, 0.4) is 0 Å². The number of nitrogens with zero attached hydrogens (tertiary/aromatic N) is 1. The third-order valence-electron chi connectivity index (χ3n) is 4.59. The molecule has 1 heterocycles. The van der Waals surface area contributed by atoms with Gasteiger partial charge in [0.1, 0.15) is 0 Å². The second-order valence-electron chi connectivity index (χ2n) is 6.61. The number of nitrogens with one attached hydrogen (secondary N) is 2. The lowest BCUT2D eigenvalue weighted by molar-refractivity contribution is 0.174. The van der Waals surface area contributed by atoms with Gasteiger partial charge in [-0.2, -0.15) is 0 Å². The summed E-state index contributed by atoms with van der Waals surface area (Å²) < 4.78 is 36.1. The maximum atomic E-state index is 12.2. The minimum atomic E-state index is -3.50. The molecule has 0 bridgehead atoms. The molecule has 1 aliphatic carbocycles. The first-order chi connectivity index (χ1) is 12.4. The van der Waals surface area contributed by atoms with Crippen LogP contribution >= 0.6 is 0 Å². The molecule has 8 nitrogen and oxygen atoms in total. The number of benzene rings is 1. The van der Waals surface area contributed by atoms with Crippen LogP contribution in [0.5, 0.6) is 11.5 Å². The lowest BCUT2D eigenvalue weighted by atomic mass is 9.96. The number of fused-ring (bicyclic) bond motifs is 1. The Labute approximate surface area is 153 Å². The van der Waals surface area contributed by atoms with Crippen molar-refractivity contribution in [1.29, 1.82) is 0 Å². The van der Waals surface area contributed by atoms with E-state index in [1.165, 1.54) is 10.7 Å². The summed E-state index contributed by atoms with van der Waals surface area (Å²) >= 11 is 0. The standard InChI is InChI=1S/C17H25N3O5S/c1-26(22,23)20(14-7-8-15-16(11-14)25-12-24-15)10-9-18-17(21)19-13-5-3-2-4-6-13/h7-8,11,13H,2-6,9-10,12H2,1H3,(H2,18,19,21). The van der Waals surface area contributed by atoms with E-state index in [9.17, 15) is 13.2 Å². The molecule has 1 aromatic carbocycles. The fourth-order valence-electron chi connectivity index (χ4n) is 3.28. The Morgan fingerprint density at radius 2 is 1.92 bits per heavy atom. The first kappa shape index (κ1) is 18.6. The lowest BCUT2D eigenvalue weighted by Crippen LogP contribution is -2.45. The molecule has 1 aromatic rings. The van der Waals surface area contributed by atoms with Gasteiger partial charge in [-0.05, 0) is 25.0 Å². The highest BCUT2D eigenvalue weighted by molar-refractivity contribution is 7.92. The summed E-state index contributed by atoms with van der Waals surface area (Å²) in [6, 6.07) is 4.93. The molecule has 144 valence electrons. The fourth-order valence-corrected chi connectivity index (χ4v) is 4.20. The normalized spacial score (nSPS) is 17.0. The molecule has 1 fully saturated rings. The molecule has 2 amide bonds. The average molecular weight is 383 g/mol. The number of ether oxygens (including phenoxy) is 2. The number of amides is 2. The summed E-state index contributed by atoms with van der Waals surface area (Å²) in [6.07, 6.45) is 6.63. The van der Waals surface area contributed by atoms with E-state index in [0.717, 1.165) is 31.9 Å². The third-order valence-corrected chi connectivity index (χ3v) is 5.78. The van der Waals surface area contributed by atoms with E-state index in [2.05, 4.69) is 10.6 Å². The quantitative estimate of drug-likeness (QED) is 0.781. The highest BCUT2D eigenvalue weighted by Gasteiger charge is 2.22. The molecular weight excluding hydrogens is 358 g/mol. The van der Waals surface area contributed by atoms with Crippen molar-refractivity contribution in [1.82, 2.24) is 10.6 Å². The zero-order chi connectivity index (χ0) is 18.6. The summed E-state index contributed by atoms with van der Waals surface area (Å²) in [4.78, 5) is 12.0. The second kappa shape index (κ2) is 8.03. The SMILES string of the molecule is CS(=O)(=O)N(CCNC(=O)NC1CCCCC1)c1ccc2c(c1)OCO2. The van der Waals surface area contributed by atoms with Crippen LogP contribution in [0.2, 0.25) is 0 Å². The summed E-state index contributed by atoms with van der Waals surface area (Å²) in [5, 5.41) is 5.69. The van der Waals surface area contributed by atoms with Crippen LogP contribution in [0, 0.1) is 0 Å². The van der Waals surface area contributed by atoms with Crippen molar-refractivity contribution in [3.05, 3.63) is 18.2 Å². The Morgan fingerprint density at radius 1 is 1.19 bits per heavy atom. The summed E-state index contributed by atoms with van der Waals surface area (Å²) in [6.45, 7) is 0.469. The average Bonchev–Trinajstić information content (AvgIpc) is 3.06. The van der Waals surface area contributed by atoms with Crippen LogP contribution in [0.4, 0.5) is 10.5 Å². The van der Waals surface area contributed by atoms with Gasteiger partial charge in [0.25, 0.3) is 0 Å². The van der Waals surface area contributed by atoms with Crippen LogP contribution < -0.4 is 24.4 Å². The first-order valence-electron chi connectivity index (χ1n) is 8.85. The predicted octanol–water partition coefficient (Wildman–Crippen LogP) is 1.81. The van der Waals surface area contributed by atoms with Gasteiger partial charge in [-0.1, -0.05) is 19.3 Å². The zero-order valence-corrected chi connectivity index (χ0v) is 15.7. The van der Waals surface area contributed by atoms with Crippen molar-refractivity contribution >= 4 is 21.7 Å². The molecule has 1 aliphatic heterocycles. The van der Waals surface area contributed by atoms with Gasteiger partial charge in [0.2, 0.25) is 16.8 Å². The minimum Gasteiger partial charge on any atom is -0.454 e. The molecular formula is C17H25N3O5S. The Kier molecular flexibility index (Phi) is 5.75. The maximum absolute atomic E-state index is 12.2. The fraction of sp³-hybridized carbons (Fsp3) is 0.588. The Bertz CT molecular complexity index is 747. The number of anilines is 1. The van der Waals surface area contributed by atoms with Crippen molar-refractivity contribution in [3.63, 3.8) is 0 Å². The van der Waals surface area contributed by atoms with Gasteiger partial charge < -0.3 is 20.1 Å². The van der Waals surface area contributed by atoms with E-state index in [0.29, 0.717) is 17.2 Å². The molecule has 2 aliphatic rings. The number of rotatable bonds is 6. The highest BCUT2D eigenvalue weighted by Crippen LogP contribution is 2.35.